The number of nitrogens with zero attached hydrogens (tertiary/aromatic N) is 3. The summed E-state index contributed by atoms with van der Waals surface area (Å²) in [4.78, 5) is 15.5. The van der Waals surface area contributed by atoms with Gasteiger partial charge in [-0.3, -0.25) is 9.48 Å². The zero-order chi connectivity index (χ0) is 12.3. The van der Waals surface area contributed by atoms with E-state index in [4.69, 9.17) is 0 Å². The first-order chi connectivity index (χ1) is 7.41. The van der Waals surface area contributed by atoms with Gasteiger partial charge >= 0.3 is 5.97 Å². The maximum Gasteiger partial charge on any atom is 0.310 e. The van der Waals surface area contributed by atoms with Gasteiger partial charge in [-0.25, -0.2) is 4.98 Å². The number of carboxylic acid groups (broad SMARTS) is 1. The van der Waals surface area contributed by atoms with E-state index < -0.39 is 11.4 Å². The molecule has 0 aliphatic rings. The summed E-state index contributed by atoms with van der Waals surface area (Å²) >= 11 is 0. The average molecular weight is 225 g/mol. The van der Waals surface area contributed by atoms with Crippen LogP contribution in [0.4, 0.5) is 0 Å². The number of hydrogen-bond acceptors (Lipinski definition) is 3. The Balaban J connectivity index is 2.97. The van der Waals surface area contributed by atoms with Crippen molar-refractivity contribution in [2.24, 2.45) is 11.3 Å². The molecular formula is C11H19N3O2. The first-order valence-electron chi connectivity index (χ1n) is 5.52. The third-order valence-corrected chi connectivity index (χ3v) is 3.28. The fourth-order valence-electron chi connectivity index (χ4n) is 1.54. The Kier molecular flexibility index (Phi) is 3.67. The predicted octanol–water partition coefficient (Wildman–Crippen LogP) is 1.59. The lowest BCUT2D eigenvalue weighted by Crippen LogP contribution is -2.36. The minimum absolute atomic E-state index is 0.0482. The van der Waals surface area contributed by atoms with Crippen LogP contribution in [0.15, 0.2) is 6.33 Å². The smallest absolute Gasteiger partial charge is 0.310 e. The van der Waals surface area contributed by atoms with Crippen molar-refractivity contribution in [2.75, 3.05) is 0 Å². The Bertz CT molecular complexity index is 373. The molecule has 1 atom stereocenters. The van der Waals surface area contributed by atoms with E-state index in [-0.39, 0.29) is 5.92 Å². The number of aryl methyl sites for hydroxylation is 1. The lowest BCUT2D eigenvalue weighted by atomic mass is 9.76. The molecule has 1 heterocycles. The van der Waals surface area contributed by atoms with Crippen molar-refractivity contribution in [3.8, 4) is 0 Å². The summed E-state index contributed by atoms with van der Waals surface area (Å²) in [6.45, 7) is 8.27. The fraction of sp³-hybridized carbons (Fsp3) is 0.727. The van der Waals surface area contributed by atoms with Crippen LogP contribution in [-0.2, 0) is 17.8 Å². The van der Waals surface area contributed by atoms with E-state index in [9.17, 15) is 9.90 Å². The number of rotatable bonds is 5. The summed E-state index contributed by atoms with van der Waals surface area (Å²) in [5.74, 6) is 0.00117. The van der Waals surface area contributed by atoms with E-state index in [1.165, 1.54) is 6.33 Å². The van der Waals surface area contributed by atoms with Crippen LogP contribution in [0.1, 0.15) is 33.5 Å². The van der Waals surface area contributed by atoms with E-state index in [0.717, 1.165) is 5.82 Å². The summed E-state index contributed by atoms with van der Waals surface area (Å²) in [5, 5.41) is 13.4. The molecule has 0 saturated carbocycles. The van der Waals surface area contributed by atoms with Gasteiger partial charge < -0.3 is 5.11 Å². The van der Waals surface area contributed by atoms with Crippen LogP contribution in [0.2, 0.25) is 0 Å². The van der Waals surface area contributed by atoms with E-state index in [0.29, 0.717) is 13.0 Å². The maximum atomic E-state index is 11.3. The Morgan fingerprint density at radius 1 is 1.62 bits per heavy atom. The average Bonchev–Trinajstić information content (AvgIpc) is 2.64. The molecule has 90 valence electrons. The fourth-order valence-corrected chi connectivity index (χ4v) is 1.54. The quantitative estimate of drug-likeness (QED) is 0.826. The molecule has 0 aliphatic carbocycles. The van der Waals surface area contributed by atoms with Crippen molar-refractivity contribution in [1.82, 2.24) is 14.8 Å². The molecule has 5 nitrogen and oxygen atoms in total. The Morgan fingerprint density at radius 2 is 2.25 bits per heavy atom. The third kappa shape index (κ3) is 2.23. The summed E-state index contributed by atoms with van der Waals surface area (Å²) in [6, 6.07) is 0. The molecule has 1 N–H and O–H groups in total. The van der Waals surface area contributed by atoms with Crippen LogP contribution < -0.4 is 0 Å². The van der Waals surface area contributed by atoms with E-state index >= 15 is 0 Å². The zero-order valence-electron chi connectivity index (χ0n) is 10.3. The normalized spacial score (nSPS) is 15.1. The summed E-state index contributed by atoms with van der Waals surface area (Å²) in [7, 11) is 0. The molecule has 0 bridgehead atoms. The molecule has 0 radical (unpaired) electrons. The van der Waals surface area contributed by atoms with Gasteiger partial charge in [0.25, 0.3) is 0 Å². The van der Waals surface area contributed by atoms with Gasteiger partial charge in [-0.1, -0.05) is 13.8 Å². The van der Waals surface area contributed by atoms with Crippen LogP contribution in [0.25, 0.3) is 0 Å². The minimum atomic E-state index is -0.792. The van der Waals surface area contributed by atoms with Crippen LogP contribution in [-0.4, -0.2) is 25.8 Å². The largest absolute Gasteiger partial charge is 0.481 e. The van der Waals surface area contributed by atoms with Crippen LogP contribution in [0, 0.1) is 11.3 Å². The molecule has 1 aromatic rings. The lowest BCUT2D eigenvalue weighted by Gasteiger charge is -2.28. The summed E-state index contributed by atoms with van der Waals surface area (Å²) in [6.07, 6.45) is 1.88. The molecule has 0 fully saturated rings. The van der Waals surface area contributed by atoms with E-state index in [1.54, 1.807) is 11.6 Å². The van der Waals surface area contributed by atoms with E-state index in [2.05, 4.69) is 10.1 Å². The van der Waals surface area contributed by atoms with Gasteiger partial charge in [0.15, 0.2) is 0 Å². The lowest BCUT2D eigenvalue weighted by molar-refractivity contribution is -0.150. The Labute approximate surface area is 95.5 Å². The second kappa shape index (κ2) is 4.63. The standard InChI is InChI=1S/C11H19N3O2/c1-5-14-9(12-7-13-14)6-11(4,8(2)3)10(15)16/h7-8H,5-6H2,1-4H3,(H,15,16). The number of aliphatic carboxylic acids is 1. The Morgan fingerprint density at radius 3 is 2.69 bits per heavy atom. The number of carbonyl (C=O) groups is 1. The van der Waals surface area contributed by atoms with Gasteiger partial charge in [0.1, 0.15) is 12.2 Å². The molecule has 0 saturated heterocycles. The molecule has 1 aromatic heterocycles. The first kappa shape index (κ1) is 12.7. The number of aromatic nitrogens is 3. The first-order valence-corrected chi connectivity index (χ1v) is 5.52. The highest BCUT2D eigenvalue weighted by Crippen LogP contribution is 2.31. The minimum Gasteiger partial charge on any atom is -0.481 e. The highest BCUT2D eigenvalue weighted by molar-refractivity contribution is 5.74. The molecule has 1 unspecified atom stereocenters. The van der Waals surface area contributed by atoms with Gasteiger partial charge in [-0.2, -0.15) is 5.10 Å². The molecule has 0 amide bonds. The van der Waals surface area contributed by atoms with Gasteiger partial charge in [-0.05, 0) is 19.8 Å². The van der Waals surface area contributed by atoms with Crippen molar-refractivity contribution in [3.05, 3.63) is 12.2 Å². The summed E-state index contributed by atoms with van der Waals surface area (Å²) < 4.78 is 1.74. The summed E-state index contributed by atoms with van der Waals surface area (Å²) in [5.41, 5.74) is -0.792. The zero-order valence-corrected chi connectivity index (χ0v) is 10.3. The van der Waals surface area contributed by atoms with Crippen molar-refractivity contribution < 1.29 is 9.90 Å². The maximum absolute atomic E-state index is 11.3. The van der Waals surface area contributed by atoms with Gasteiger partial charge in [0.2, 0.25) is 0 Å². The second-order valence-corrected chi connectivity index (χ2v) is 4.55. The topological polar surface area (TPSA) is 68.0 Å². The Hall–Kier alpha value is -1.39. The van der Waals surface area contributed by atoms with Crippen molar-refractivity contribution in [3.63, 3.8) is 0 Å². The third-order valence-electron chi connectivity index (χ3n) is 3.28. The van der Waals surface area contributed by atoms with E-state index in [1.807, 2.05) is 20.8 Å². The van der Waals surface area contributed by atoms with Gasteiger partial charge in [0, 0.05) is 13.0 Å². The van der Waals surface area contributed by atoms with Crippen molar-refractivity contribution in [1.29, 1.82) is 0 Å². The molecule has 16 heavy (non-hydrogen) atoms. The van der Waals surface area contributed by atoms with Gasteiger partial charge in [-0.15, -0.1) is 0 Å². The predicted molar refractivity (Wildman–Crippen MR) is 60.0 cm³/mol. The highest BCUT2D eigenvalue weighted by Gasteiger charge is 2.38. The number of hydrogen-bond donors (Lipinski definition) is 1. The SMILES string of the molecule is CCn1ncnc1CC(C)(C(=O)O)C(C)C. The molecular weight excluding hydrogens is 206 g/mol. The molecule has 1 rings (SSSR count). The van der Waals surface area contributed by atoms with Gasteiger partial charge in [0.05, 0.1) is 5.41 Å². The molecule has 5 heteroatoms. The molecule has 0 aliphatic heterocycles. The van der Waals surface area contributed by atoms with Crippen LogP contribution >= 0.6 is 0 Å². The van der Waals surface area contributed by atoms with Crippen LogP contribution in [0.5, 0.6) is 0 Å². The van der Waals surface area contributed by atoms with Crippen LogP contribution in [0.3, 0.4) is 0 Å². The monoisotopic (exact) mass is 225 g/mol. The van der Waals surface area contributed by atoms with Crippen molar-refractivity contribution in [2.45, 2.75) is 40.7 Å². The second-order valence-electron chi connectivity index (χ2n) is 4.55. The molecule has 0 spiro atoms. The van der Waals surface area contributed by atoms with Crippen molar-refractivity contribution >= 4 is 5.97 Å². The molecule has 0 aromatic carbocycles. The number of carboxylic acids is 1. The highest BCUT2D eigenvalue weighted by atomic mass is 16.4.